The molecule has 25 heavy (non-hydrogen) atoms. The van der Waals surface area contributed by atoms with Crippen LogP contribution in [0.3, 0.4) is 0 Å². The maximum atomic E-state index is 12.4. The fraction of sp³-hybridized carbons (Fsp3) is 0.263. The lowest BCUT2D eigenvalue weighted by Crippen LogP contribution is -2.32. The maximum Gasteiger partial charge on any atom is 0.227 e. The number of phenols is 1. The molecular formula is C19H20N2O4. The van der Waals surface area contributed by atoms with Crippen molar-refractivity contribution in [2.24, 2.45) is 5.92 Å². The first-order valence-corrected chi connectivity index (χ1v) is 8.07. The molecule has 2 N–H and O–H groups in total. The molecule has 1 heterocycles. The number of aromatic hydroxyl groups is 1. The van der Waals surface area contributed by atoms with E-state index in [-0.39, 0.29) is 29.9 Å². The lowest BCUT2D eigenvalue weighted by molar-refractivity contribution is -0.126. The highest BCUT2D eigenvalue weighted by molar-refractivity contribution is 6.00. The Morgan fingerprint density at radius 2 is 1.88 bits per heavy atom. The minimum Gasteiger partial charge on any atom is -0.508 e. The second-order valence-electron chi connectivity index (χ2n) is 5.99. The number of rotatable bonds is 5. The largest absolute Gasteiger partial charge is 0.508 e. The average Bonchev–Trinajstić information content (AvgIpc) is 3.02. The molecule has 6 nitrogen and oxygen atoms in total. The quantitative estimate of drug-likeness (QED) is 0.873. The van der Waals surface area contributed by atoms with Crippen LogP contribution in [-0.4, -0.2) is 30.6 Å². The van der Waals surface area contributed by atoms with Crippen molar-refractivity contribution in [2.75, 3.05) is 18.6 Å². The molecule has 2 aromatic carbocycles. The third-order valence-corrected chi connectivity index (χ3v) is 4.28. The molecule has 0 aromatic heterocycles. The van der Waals surface area contributed by atoms with Crippen molar-refractivity contribution >= 4 is 17.5 Å². The van der Waals surface area contributed by atoms with E-state index < -0.39 is 0 Å². The van der Waals surface area contributed by atoms with Gasteiger partial charge in [-0.15, -0.1) is 0 Å². The van der Waals surface area contributed by atoms with Crippen molar-refractivity contribution in [3.8, 4) is 11.5 Å². The summed E-state index contributed by atoms with van der Waals surface area (Å²) in [6.07, 6.45) is 0.190. The molecule has 2 aromatic rings. The molecule has 1 saturated heterocycles. The van der Waals surface area contributed by atoms with Gasteiger partial charge in [0.25, 0.3) is 0 Å². The van der Waals surface area contributed by atoms with E-state index in [1.54, 1.807) is 24.1 Å². The van der Waals surface area contributed by atoms with Gasteiger partial charge in [-0.3, -0.25) is 9.59 Å². The number of hydrogen-bond acceptors (Lipinski definition) is 4. The number of benzene rings is 2. The number of hydrogen-bond donors (Lipinski definition) is 2. The van der Waals surface area contributed by atoms with Crippen LogP contribution in [0.5, 0.6) is 11.5 Å². The van der Waals surface area contributed by atoms with Gasteiger partial charge in [0.15, 0.2) is 0 Å². The fourth-order valence-electron chi connectivity index (χ4n) is 2.84. The molecule has 2 amide bonds. The summed E-state index contributed by atoms with van der Waals surface area (Å²) in [5.74, 6) is 0.311. The van der Waals surface area contributed by atoms with Gasteiger partial charge in [0.1, 0.15) is 11.5 Å². The summed E-state index contributed by atoms with van der Waals surface area (Å²) < 4.78 is 5.10. The van der Waals surface area contributed by atoms with Crippen molar-refractivity contribution in [2.45, 2.75) is 13.0 Å². The van der Waals surface area contributed by atoms with Crippen LogP contribution in [0.25, 0.3) is 0 Å². The van der Waals surface area contributed by atoms with E-state index in [9.17, 15) is 14.7 Å². The summed E-state index contributed by atoms with van der Waals surface area (Å²) in [6.45, 7) is 0.755. The Morgan fingerprint density at radius 1 is 1.20 bits per heavy atom. The summed E-state index contributed by atoms with van der Waals surface area (Å²) in [5, 5.41) is 12.2. The topological polar surface area (TPSA) is 78.9 Å². The molecule has 0 spiro atoms. The van der Waals surface area contributed by atoms with Gasteiger partial charge in [0, 0.05) is 25.2 Å². The lowest BCUT2D eigenvalue weighted by Gasteiger charge is -2.16. The van der Waals surface area contributed by atoms with E-state index in [0.717, 1.165) is 11.3 Å². The molecule has 0 aliphatic carbocycles. The van der Waals surface area contributed by atoms with Crippen LogP contribution in [0.2, 0.25) is 0 Å². The first-order valence-electron chi connectivity index (χ1n) is 8.07. The van der Waals surface area contributed by atoms with Gasteiger partial charge in [0.2, 0.25) is 11.8 Å². The molecule has 130 valence electrons. The Bertz CT molecular complexity index is 756. The number of nitrogens with one attached hydrogen (secondary N) is 1. The summed E-state index contributed by atoms with van der Waals surface area (Å²) in [5.41, 5.74) is 1.65. The van der Waals surface area contributed by atoms with Gasteiger partial charge in [-0.05, 0) is 42.0 Å². The summed E-state index contributed by atoms with van der Waals surface area (Å²) in [7, 11) is 1.60. The number of amides is 2. The third kappa shape index (κ3) is 3.91. The first kappa shape index (κ1) is 16.8. The van der Waals surface area contributed by atoms with Gasteiger partial charge in [-0.1, -0.05) is 12.1 Å². The summed E-state index contributed by atoms with van der Waals surface area (Å²) in [6, 6.07) is 13.9. The average molecular weight is 340 g/mol. The Hall–Kier alpha value is -3.02. The second kappa shape index (κ2) is 7.25. The Morgan fingerprint density at radius 3 is 2.52 bits per heavy atom. The first-order chi connectivity index (χ1) is 12.1. The number of methoxy groups -OCH3 is 1. The number of phenolic OH excluding ortho intramolecular Hbond substituents is 1. The standard InChI is InChI=1S/C19H20N2O4/c1-25-17-8-2-13(3-9-17)11-20-19(24)14-10-18(23)21(12-14)15-4-6-16(22)7-5-15/h2-9,14,22H,10-12H2,1H3,(H,20,24)/t14-/m1/s1. The molecule has 3 rings (SSSR count). The predicted molar refractivity (Wildman–Crippen MR) is 93.4 cm³/mol. The highest BCUT2D eigenvalue weighted by atomic mass is 16.5. The Balaban J connectivity index is 1.57. The molecule has 0 unspecified atom stereocenters. The zero-order valence-electron chi connectivity index (χ0n) is 13.9. The van der Waals surface area contributed by atoms with E-state index in [0.29, 0.717) is 18.8 Å². The smallest absolute Gasteiger partial charge is 0.227 e. The minimum atomic E-state index is -0.375. The molecular weight excluding hydrogens is 320 g/mol. The van der Waals surface area contributed by atoms with Gasteiger partial charge in [-0.2, -0.15) is 0 Å². The van der Waals surface area contributed by atoms with Gasteiger partial charge in [-0.25, -0.2) is 0 Å². The Labute approximate surface area is 146 Å². The molecule has 1 aliphatic heterocycles. The zero-order chi connectivity index (χ0) is 17.8. The summed E-state index contributed by atoms with van der Waals surface area (Å²) >= 11 is 0. The summed E-state index contributed by atoms with van der Waals surface area (Å²) in [4.78, 5) is 26.1. The minimum absolute atomic E-state index is 0.0877. The van der Waals surface area contributed by atoms with Crippen LogP contribution in [0.1, 0.15) is 12.0 Å². The van der Waals surface area contributed by atoms with E-state index in [2.05, 4.69) is 5.32 Å². The second-order valence-corrected chi connectivity index (χ2v) is 5.99. The van der Waals surface area contributed by atoms with Gasteiger partial charge < -0.3 is 20.1 Å². The van der Waals surface area contributed by atoms with Gasteiger partial charge >= 0.3 is 0 Å². The van der Waals surface area contributed by atoms with Crippen molar-refractivity contribution in [3.05, 3.63) is 54.1 Å². The van der Waals surface area contributed by atoms with E-state index in [1.165, 1.54) is 12.1 Å². The monoisotopic (exact) mass is 340 g/mol. The van der Waals surface area contributed by atoms with Crippen LogP contribution >= 0.6 is 0 Å². The number of anilines is 1. The van der Waals surface area contributed by atoms with Gasteiger partial charge in [0.05, 0.1) is 13.0 Å². The normalized spacial score (nSPS) is 16.8. The number of carbonyl (C=O) groups excluding carboxylic acids is 2. The third-order valence-electron chi connectivity index (χ3n) is 4.28. The highest BCUT2D eigenvalue weighted by Crippen LogP contribution is 2.26. The van der Waals surface area contributed by atoms with Crippen molar-refractivity contribution in [3.63, 3.8) is 0 Å². The van der Waals surface area contributed by atoms with Crippen LogP contribution in [0.4, 0.5) is 5.69 Å². The molecule has 0 bridgehead atoms. The van der Waals surface area contributed by atoms with Crippen molar-refractivity contribution in [1.82, 2.24) is 5.32 Å². The lowest BCUT2D eigenvalue weighted by atomic mass is 10.1. The highest BCUT2D eigenvalue weighted by Gasteiger charge is 2.34. The molecule has 1 aliphatic rings. The number of ether oxygens (including phenoxy) is 1. The van der Waals surface area contributed by atoms with E-state index >= 15 is 0 Å². The molecule has 1 fully saturated rings. The Kier molecular flexibility index (Phi) is 4.88. The zero-order valence-corrected chi connectivity index (χ0v) is 13.9. The van der Waals surface area contributed by atoms with Crippen LogP contribution in [0, 0.1) is 5.92 Å². The van der Waals surface area contributed by atoms with Crippen LogP contribution in [-0.2, 0) is 16.1 Å². The molecule has 0 saturated carbocycles. The van der Waals surface area contributed by atoms with E-state index in [4.69, 9.17) is 4.74 Å². The van der Waals surface area contributed by atoms with Crippen molar-refractivity contribution < 1.29 is 19.4 Å². The molecule has 1 atom stereocenters. The van der Waals surface area contributed by atoms with E-state index in [1.807, 2.05) is 24.3 Å². The maximum absolute atomic E-state index is 12.4. The SMILES string of the molecule is COc1ccc(CNC(=O)[C@@H]2CC(=O)N(c3ccc(O)cc3)C2)cc1. The molecule has 0 radical (unpaired) electrons. The van der Waals surface area contributed by atoms with Crippen LogP contribution < -0.4 is 15.0 Å². The predicted octanol–water partition coefficient (Wildman–Crippen LogP) is 2.07. The van der Waals surface area contributed by atoms with Crippen LogP contribution in [0.15, 0.2) is 48.5 Å². The number of nitrogens with zero attached hydrogens (tertiary/aromatic N) is 1. The fourth-order valence-corrected chi connectivity index (χ4v) is 2.84. The van der Waals surface area contributed by atoms with Crippen molar-refractivity contribution in [1.29, 1.82) is 0 Å². The number of carbonyl (C=O) groups is 2. The molecule has 6 heteroatoms.